The van der Waals surface area contributed by atoms with Crippen LogP contribution in [0.4, 0.5) is 0 Å². The predicted octanol–water partition coefficient (Wildman–Crippen LogP) is 5.73. The van der Waals surface area contributed by atoms with E-state index in [0.717, 1.165) is 26.3 Å². The Kier molecular flexibility index (Phi) is 9.14. The average Bonchev–Trinajstić information content (AvgIpc) is 2.73. The van der Waals surface area contributed by atoms with Crippen LogP contribution in [0.15, 0.2) is 81.3 Å². The van der Waals surface area contributed by atoms with E-state index in [1.807, 2.05) is 12.1 Å². The third kappa shape index (κ3) is 7.31. The van der Waals surface area contributed by atoms with Crippen LogP contribution in [0.25, 0.3) is 21.8 Å². The van der Waals surface area contributed by atoms with E-state index in [9.17, 15) is 16.8 Å². The maximum atomic E-state index is 11.3. The third-order valence-electron chi connectivity index (χ3n) is 4.05. The number of hydrogen-bond donors (Lipinski definition) is 0. The first-order valence-electron chi connectivity index (χ1n) is 8.48. The van der Waals surface area contributed by atoms with Crippen molar-refractivity contribution in [1.82, 2.24) is 9.97 Å². The van der Waals surface area contributed by atoms with Gasteiger partial charge >= 0.3 is 0 Å². The van der Waals surface area contributed by atoms with Crippen LogP contribution in [0.3, 0.4) is 0 Å². The number of pyridine rings is 2. The molecule has 0 bridgehead atoms. The highest BCUT2D eigenvalue weighted by Gasteiger charge is 2.08. The van der Waals surface area contributed by atoms with E-state index < -0.39 is 19.7 Å². The standard InChI is InChI=1S/C10H8BrNO2S.C10H9NO2S.Br2/c1-15(13,14)9-2-3-10-7(5-9)4-8(11)6-12-10;1-14(12,13)9-4-5-10-8(7-9)3-2-6-11-10;1-2/h2-6H,1H3;2-7H,1H3;. The number of aromatic nitrogens is 2. The van der Waals surface area contributed by atoms with Crippen molar-refractivity contribution in [2.45, 2.75) is 9.79 Å². The quantitative estimate of drug-likeness (QED) is 0.275. The molecule has 0 aliphatic carbocycles. The zero-order valence-electron chi connectivity index (χ0n) is 16.3. The van der Waals surface area contributed by atoms with Crippen molar-refractivity contribution in [3.05, 3.63) is 71.5 Å². The van der Waals surface area contributed by atoms with Crippen molar-refractivity contribution < 1.29 is 16.8 Å². The van der Waals surface area contributed by atoms with Gasteiger partial charge in [0, 0.05) is 68.4 Å². The largest absolute Gasteiger partial charge is 0.256 e. The summed E-state index contributed by atoms with van der Waals surface area (Å²) in [5, 5.41) is 1.66. The van der Waals surface area contributed by atoms with Crippen LogP contribution < -0.4 is 0 Å². The molecule has 0 amide bonds. The number of halogens is 3. The Balaban J connectivity index is 0.000000204. The summed E-state index contributed by atoms with van der Waals surface area (Å²) in [5.41, 5.74) is 1.59. The summed E-state index contributed by atoms with van der Waals surface area (Å²) in [4.78, 5) is 8.92. The summed E-state index contributed by atoms with van der Waals surface area (Å²) in [6.45, 7) is 0. The number of rotatable bonds is 2. The summed E-state index contributed by atoms with van der Waals surface area (Å²) < 4.78 is 46.0. The summed E-state index contributed by atoms with van der Waals surface area (Å²) in [5.74, 6) is 0. The van der Waals surface area contributed by atoms with Crippen molar-refractivity contribution in [3.8, 4) is 0 Å². The van der Waals surface area contributed by atoms with Gasteiger partial charge in [-0.25, -0.2) is 16.8 Å². The normalized spacial score (nSPS) is 11.3. The monoisotopic (exact) mass is 650 g/mol. The third-order valence-corrected chi connectivity index (χ3v) is 6.70. The fraction of sp³-hybridized carbons (Fsp3) is 0.100. The van der Waals surface area contributed by atoms with Crippen LogP contribution >= 0.6 is 44.2 Å². The van der Waals surface area contributed by atoms with Gasteiger partial charge in [0.25, 0.3) is 0 Å². The molecule has 11 heteroatoms. The number of sulfone groups is 2. The highest BCUT2D eigenvalue weighted by Crippen LogP contribution is 2.21. The van der Waals surface area contributed by atoms with Crippen molar-refractivity contribution in [2.75, 3.05) is 12.5 Å². The van der Waals surface area contributed by atoms with Crippen LogP contribution in [-0.2, 0) is 19.7 Å². The Morgan fingerprint density at radius 3 is 1.77 bits per heavy atom. The molecule has 4 aromatic rings. The van der Waals surface area contributed by atoms with E-state index >= 15 is 0 Å². The molecule has 0 N–H and O–H groups in total. The topological polar surface area (TPSA) is 94.1 Å². The Labute approximate surface area is 204 Å². The highest BCUT2D eigenvalue weighted by atomic mass is 80.9. The number of nitrogens with zero attached hydrogens (tertiary/aromatic N) is 2. The van der Waals surface area contributed by atoms with Crippen molar-refractivity contribution in [1.29, 1.82) is 0 Å². The van der Waals surface area contributed by atoms with E-state index in [0.29, 0.717) is 9.79 Å². The van der Waals surface area contributed by atoms with Gasteiger partial charge in [0.2, 0.25) is 0 Å². The highest BCUT2D eigenvalue weighted by molar-refractivity contribution is 9.93. The lowest BCUT2D eigenvalue weighted by molar-refractivity contribution is 0.600. The van der Waals surface area contributed by atoms with Crippen LogP contribution in [0, 0.1) is 0 Å². The molecule has 2 aromatic carbocycles. The fourth-order valence-corrected chi connectivity index (χ4v) is 4.26. The smallest absolute Gasteiger partial charge is 0.175 e. The lowest BCUT2D eigenvalue weighted by Gasteiger charge is -2.01. The molecule has 0 saturated carbocycles. The zero-order chi connectivity index (χ0) is 23.2. The molecule has 0 radical (unpaired) electrons. The van der Waals surface area contributed by atoms with E-state index in [2.05, 4.69) is 54.2 Å². The molecule has 0 aliphatic rings. The molecule has 4 rings (SSSR count). The van der Waals surface area contributed by atoms with Gasteiger partial charge in [-0.15, -0.1) is 0 Å². The first-order valence-corrected chi connectivity index (χ1v) is 16.8. The Morgan fingerprint density at radius 1 is 0.710 bits per heavy atom. The lowest BCUT2D eigenvalue weighted by atomic mass is 10.2. The molecule has 0 saturated heterocycles. The van der Waals surface area contributed by atoms with Crippen LogP contribution in [0.5, 0.6) is 0 Å². The minimum Gasteiger partial charge on any atom is -0.256 e. The van der Waals surface area contributed by atoms with Gasteiger partial charge in [0.1, 0.15) is 0 Å². The summed E-state index contributed by atoms with van der Waals surface area (Å²) in [6, 6.07) is 15.3. The van der Waals surface area contributed by atoms with Gasteiger partial charge in [0.05, 0.1) is 20.8 Å². The number of hydrogen-bond acceptors (Lipinski definition) is 6. The minimum absolute atomic E-state index is 0.315. The molecule has 0 fully saturated rings. The molecule has 0 spiro atoms. The van der Waals surface area contributed by atoms with Gasteiger partial charge in [-0.1, -0.05) is 6.07 Å². The van der Waals surface area contributed by atoms with E-state index in [1.54, 1.807) is 54.9 Å². The van der Waals surface area contributed by atoms with E-state index in [-0.39, 0.29) is 0 Å². The Bertz CT molecular complexity index is 1430. The van der Waals surface area contributed by atoms with Gasteiger partial charge < -0.3 is 0 Å². The molecule has 2 heterocycles. The molecule has 0 unspecified atom stereocenters. The predicted molar refractivity (Wildman–Crippen MR) is 135 cm³/mol. The summed E-state index contributed by atoms with van der Waals surface area (Å²) in [7, 11) is -6.27. The molecule has 164 valence electrons. The lowest BCUT2D eigenvalue weighted by Crippen LogP contribution is -1.96. The molecule has 6 nitrogen and oxygen atoms in total. The number of benzene rings is 2. The molecule has 0 aliphatic heterocycles. The Morgan fingerprint density at radius 2 is 1.23 bits per heavy atom. The van der Waals surface area contributed by atoms with E-state index in [1.165, 1.54) is 12.5 Å². The number of fused-ring (bicyclic) bond motifs is 2. The van der Waals surface area contributed by atoms with Gasteiger partial charge in [0.15, 0.2) is 19.7 Å². The van der Waals surface area contributed by atoms with Crippen LogP contribution in [0.2, 0.25) is 0 Å². The van der Waals surface area contributed by atoms with Crippen molar-refractivity contribution >= 4 is 85.7 Å². The molecule has 2 aromatic heterocycles. The second-order valence-electron chi connectivity index (χ2n) is 6.41. The van der Waals surface area contributed by atoms with Gasteiger partial charge in [-0.3, -0.25) is 9.97 Å². The van der Waals surface area contributed by atoms with Crippen molar-refractivity contribution in [3.63, 3.8) is 0 Å². The average molecular weight is 653 g/mol. The Hall–Kier alpha value is -1.40. The maximum Gasteiger partial charge on any atom is 0.175 e. The van der Waals surface area contributed by atoms with E-state index in [4.69, 9.17) is 0 Å². The first-order chi connectivity index (χ1) is 14.5. The van der Waals surface area contributed by atoms with Gasteiger partial charge in [-0.2, -0.15) is 0 Å². The minimum atomic E-state index is -3.15. The second-order valence-corrected chi connectivity index (χ2v) is 11.4. The van der Waals surface area contributed by atoms with Crippen LogP contribution in [0.1, 0.15) is 0 Å². The van der Waals surface area contributed by atoms with Crippen LogP contribution in [-0.4, -0.2) is 39.3 Å². The summed E-state index contributed by atoms with van der Waals surface area (Å²) >= 11 is 8.80. The van der Waals surface area contributed by atoms with Gasteiger partial charge in [-0.05, 0) is 64.5 Å². The van der Waals surface area contributed by atoms with Crippen molar-refractivity contribution in [2.24, 2.45) is 0 Å². The molecule has 31 heavy (non-hydrogen) atoms. The molecular formula is C20H17Br3N2O4S2. The fourth-order valence-electron chi connectivity index (χ4n) is 2.60. The first kappa shape index (κ1) is 25.9. The molecule has 0 atom stereocenters. The zero-order valence-corrected chi connectivity index (χ0v) is 22.7. The maximum absolute atomic E-state index is 11.3. The summed E-state index contributed by atoms with van der Waals surface area (Å²) in [6.07, 6.45) is 5.76. The SMILES string of the molecule is BrBr.CS(=O)(=O)c1ccc2ncc(Br)cc2c1.CS(=O)(=O)c1ccc2ncccc2c1. The molecular weight excluding hydrogens is 636 g/mol. The second kappa shape index (κ2) is 11.0.